The van der Waals surface area contributed by atoms with Gasteiger partial charge in [-0.2, -0.15) is 0 Å². The molecule has 33 heavy (non-hydrogen) atoms. The lowest BCUT2D eigenvalue weighted by Crippen LogP contribution is -2.15. The zero-order valence-electron chi connectivity index (χ0n) is 18.3. The predicted molar refractivity (Wildman–Crippen MR) is 135 cm³/mol. The molecule has 0 atom stereocenters. The van der Waals surface area contributed by atoms with E-state index < -0.39 is 0 Å². The number of nitrogens with zero attached hydrogens (tertiary/aromatic N) is 1. The van der Waals surface area contributed by atoms with Crippen LogP contribution >= 0.6 is 23.1 Å². The van der Waals surface area contributed by atoms with Crippen molar-refractivity contribution in [2.24, 2.45) is 0 Å². The number of rotatable bonds is 8. The molecule has 0 saturated carbocycles. The highest BCUT2D eigenvalue weighted by molar-refractivity contribution is 8.01. The number of nitrogens with one attached hydrogen (secondary N) is 2. The summed E-state index contributed by atoms with van der Waals surface area (Å²) in [5, 5.41) is 9.79. The second-order valence-corrected chi connectivity index (χ2v) is 9.48. The third-order valence-electron chi connectivity index (χ3n) is 4.89. The highest BCUT2D eigenvalue weighted by atomic mass is 32.2. The molecule has 0 fully saturated rings. The summed E-state index contributed by atoms with van der Waals surface area (Å²) in [5.74, 6) is 0.579. The van der Waals surface area contributed by atoms with Gasteiger partial charge in [0.25, 0.3) is 0 Å². The first-order chi connectivity index (χ1) is 16.0. The normalized spacial score (nSPS) is 10.7. The van der Waals surface area contributed by atoms with E-state index in [1.54, 1.807) is 7.11 Å². The van der Waals surface area contributed by atoms with Gasteiger partial charge < -0.3 is 15.4 Å². The van der Waals surface area contributed by atoms with Crippen LogP contribution in [0.3, 0.4) is 0 Å². The number of carbonyl (C=O) groups excluding carboxylic acids is 2. The Morgan fingerprint density at radius 1 is 1.00 bits per heavy atom. The van der Waals surface area contributed by atoms with Gasteiger partial charge in [-0.25, -0.2) is 4.98 Å². The smallest absolute Gasteiger partial charge is 0.234 e. The first-order valence-corrected chi connectivity index (χ1v) is 12.2. The number of aryl methyl sites for hydroxylation is 1. The number of aromatic nitrogens is 1. The van der Waals surface area contributed by atoms with Gasteiger partial charge in [0.15, 0.2) is 4.34 Å². The molecule has 1 heterocycles. The molecular weight excluding hydrogens is 454 g/mol. The number of anilines is 2. The predicted octanol–water partition coefficient (Wildman–Crippen LogP) is 5.53. The third-order valence-corrected chi connectivity index (χ3v) is 6.96. The average molecular weight is 478 g/mol. The summed E-state index contributed by atoms with van der Waals surface area (Å²) < 4.78 is 6.06. The fraction of sp³-hybridized carbons (Fsp3) is 0.160. The van der Waals surface area contributed by atoms with Crippen LogP contribution in [0.2, 0.25) is 0 Å². The minimum atomic E-state index is -0.172. The lowest BCUT2D eigenvalue weighted by molar-refractivity contribution is -0.116. The van der Waals surface area contributed by atoms with E-state index in [0.29, 0.717) is 17.1 Å². The number of thioether (sulfide) groups is 1. The molecule has 0 radical (unpaired) electrons. The van der Waals surface area contributed by atoms with Crippen LogP contribution in [0.5, 0.6) is 5.75 Å². The van der Waals surface area contributed by atoms with E-state index in [4.69, 9.17) is 4.74 Å². The van der Waals surface area contributed by atoms with E-state index >= 15 is 0 Å². The van der Waals surface area contributed by atoms with E-state index in [1.807, 2.05) is 73.0 Å². The second kappa shape index (κ2) is 10.5. The van der Waals surface area contributed by atoms with E-state index in [2.05, 4.69) is 15.6 Å². The fourth-order valence-corrected chi connectivity index (χ4v) is 5.01. The van der Waals surface area contributed by atoms with E-state index in [9.17, 15) is 9.59 Å². The maximum absolute atomic E-state index is 12.5. The van der Waals surface area contributed by atoms with Crippen molar-refractivity contribution in [1.82, 2.24) is 4.98 Å². The monoisotopic (exact) mass is 477 g/mol. The standard InChI is InChI=1S/C25H23N3O3S2/c1-16-10-11-22(31-2)21(12-16)28-23(29)13-18-14-32-25(26-18)33-15-24(30)27-20-9-5-7-17-6-3-4-8-19(17)20/h3-12,14H,13,15H2,1-2H3,(H,27,30)(H,28,29). The van der Waals surface area contributed by atoms with Crippen molar-refractivity contribution in [2.45, 2.75) is 17.7 Å². The molecule has 0 aliphatic heterocycles. The SMILES string of the molecule is COc1ccc(C)cc1NC(=O)Cc1csc(SCC(=O)Nc2cccc3ccccc23)n1. The molecule has 0 aliphatic carbocycles. The van der Waals surface area contributed by atoms with E-state index in [0.717, 1.165) is 26.4 Å². The topological polar surface area (TPSA) is 80.3 Å². The summed E-state index contributed by atoms with van der Waals surface area (Å²) in [4.78, 5) is 29.4. The number of thiazole rings is 1. The zero-order valence-corrected chi connectivity index (χ0v) is 19.9. The molecule has 0 aliphatic rings. The molecule has 2 N–H and O–H groups in total. The summed E-state index contributed by atoms with van der Waals surface area (Å²) in [5.41, 5.74) is 3.13. The maximum Gasteiger partial charge on any atom is 0.234 e. The van der Waals surface area contributed by atoms with Gasteiger partial charge in [-0.15, -0.1) is 11.3 Å². The molecule has 4 aromatic rings. The Kier molecular flexibility index (Phi) is 7.26. The lowest BCUT2D eigenvalue weighted by Gasteiger charge is -2.10. The average Bonchev–Trinajstić information content (AvgIpc) is 3.25. The van der Waals surface area contributed by atoms with Crippen molar-refractivity contribution >= 4 is 57.1 Å². The number of fused-ring (bicyclic) bond motifs is 1. The van der Waals surface area contributed by atoms with E-state index in [-0.39, 0.29) is 24.0 Å². The number of methoxy groups -OCH3 is 1. The van der Waals surface area contributed by atoms with Crippen LogP contribution < -0.4 is 15.4 Å². The Labute approximate surface area is 200 Å². The molecule has 0 bridgehead atoms. The van der Waals surface area contributed by atoms with Crippen molar-refractivity contribution in [2.75, 3.05) is 23.5 Å². The van der Waals surface area contributed by atoms with Crippen molar-refractivity contribution < 1.29 is 14.3 Å². The number of hydrogen-bond donors (Lipinski definition) is 2. The van der Waals surface area contributed by atoms with Gasteiger partial charge in [0.05, 0.1) is 30.7 Å². The van der Waals surface area contributed by atoms with Crippen LogP contribution in [0.4, 0.5) is 11.4 Å². The quantitative estimate of drug-likeness (QED) is 0.326. The van der Waals surface area contributed by atoms with Gasteiger partial charge in [-0.05, 0) is 36.1 Å². The molecule has 168 valence electrons. The van der Waals surface area contributed by atoms with Crippen molar-refractivity contribution in [3.63, 3.8) is 0 Å². The first-order valence-electron chi connectivity index (χ1n) is 10.3. The maximum atomic E-state index is 12.5. The largest absolute Gasteiger partial charge is 0.495 e. The minimum absolute atomic E-state index is 0.0996. The molecule has 2 amide bonds. The van der Waals surface area contributed by atoms with Gasteiger partial charge in [-0.3, -0.25) is 9.59 Å². The Balaban J connectivity index is 1.31. The van der Waals surface area contributed by atoms with Crippen LogP contribution in [-0.4, -0.2) is 29.7 Å². The summed E-state index contributed by atoms with van der Waals surface area (Å²) in [7, 11) is 1.57. The first kappa shape index (κ1) is 22.8. The molecule has 3 aromatic carbocycles. The Morgan fingerprint density at radius 3 is 2.64 bits per heavy atom. The number of carbonyl (C=O) groups is 2. The van der Waals surface area contributed by atoms with Gasteiger partial charge >= 0.3 is 0 Å². The number of benzene rings is 3. The van der Waals surface area contributed by atoms with Gasteiger partial charge in [0.1, 0.15) is 5.75 Å². The number of amides is 2. The third kappa shape index (κ3) is 5.91. The molecule has 4 rings (SSSR count). The Hall–Kier alpha value is -3.36. The van der Waals surface area contributed by atoms with Crippen molar-refractivity contribution in [1.29, 1.82) is 0 Å². The summed E-state index contributed by atoms with van der Waals surface area (Å²) in [6, 6.07) is 19.4. The van der Waals surface area contributed by atoms with Crippen molar-refractivity contribution in [3.8, 4) is 5.75 Å². The van der Waals surface area contributed by atoms with Crippen molar-refractivity contribution in [3.05, 3.63) is 77.3 Å². The highest BCUT2D eigenvalue weighted by Gasteiger charge is 2.13. The lowest BCUT2D eigenvalue weighted by atomic mass is 10.1. The molecule has 0 unspecified atom stereocenters. The van der Waals surface area contributed by atoms with Gasteiger partial charge in [-0.1, -0.05) is 54.2 Å². The van der Waals surface area contributed by atoms with Gasteiger partial charge in [0.2, 0.25) is 11.8 Å². The fourth-order valence-electron chi connectivity index (χ4n) is 3.36. The second-order valence-electron chi connectivity index (χ2n) is 7.40. The molecule has 1 aromatic heterocycles. The zero-order chi connectivity index (χ0) is 23.2. The summed E-state index contributed by atoms with van der Waals surface area (Å²) in [6.07, 6.45) is 0.149. The minimum Gasteiger partial charge on any atom is -0.495 e. The molecule has 0 saturated heterocycles. The van der Waals surface area contributed by atoms with Gasteiger partial charge in [0, 0.05) is 16.5 Å². The molecule has 6 nitrogen and oxygen atoms in total. The number of hydrogen-bond acceptors (Lipinski definition) is 6. The molecule has 0 spiro atoms. The highest BCUT2D eigenvalue weighted by Crippen LogP contribution is 2.27. The molecular formula is C25H23N3O3S2. The Morgan fingerprint density at radius 2 is 1.79 bits per heavy atom. The van der Waals surface area contributed by atoms with Crippen LogP contribution in [0.1, 0.15) is 11.3 Å². The summed E-state index contributed by atoms with van der Waals surface area (Å²) in [6.45, 7) is 1.95. The van der Waals surface area contributed by atoms with Crippen LogP contribution in [0.15, 0.2) is 70.4 Å². The van der Waals surface area contributed by atoms with Crippen LogP contribution in [0.25, 0.3) is 10.8 Å². The van der Waals surface area contributed by atoms with E-state index in [1.165, 1.54) is 23.1 Å². The number of ether oxygens (including phenoxy) is 1. The molecule has 8 heteroatoms. The summed E-state index contributed by atoms with van der Waals surface area (Å²) >= 11 is 2.78. The van der Waals surface area contributed by atoms with Crippen LogP contribution in [-0.2, 0) is 16.0 Å². The van der Waals surface area contributed by atoms with Crippen LogP contribution in [0, 0.1) is 6.92 Å². The Bertz CT molecular complexity index is 1300.